The van der Waals surface area contributed by atoms with Crippen LogP contribution in [0.4, 0.5) is 11.5 Å². The molecule has 2 aromatic rings. The van der Waals surface area contributed by atoms with Crippen molar-refractivity contribution in [3.05, 3.63) is 36.5 Å². The van der Waals surface area contributed by atoms with Crippen LogP contribution in [0.3, 0.4) is 0 Å². The van der Waals surface area contributed by atoms with Gasteiger partial charge in [-0.05, 0) is 82.7 Å². The molecule has 1 saturated heterocycles. The third-order valence-electron chi connectivity index (χ3n) is 7.42. The predicted molar refractivity (Wildman–Crippen MR) is 160 cm³/mol. The van der Waals surface area contributed by atoms with E-state index in [9.17, 15) is 4.79 Å². The van der Waals surface area contributed by atoms with Crippen LogP contribution in [0.2, 0.25) is 0 Å². The van der Waals surface area contributed by atoms with Crippen LogP contribution in [-0.2, 0) is 4.79 Å². The molecule has 0 spiro atoms. The summed E-state index contributed by atoms with van der Waals surface area (Å²) in [6, 6.07) is 8.89. The summed E-state index contributed by atoms with van der Waals surface area (Å²) in [5.74, 6) is 0.712. The van der Waals surface area contributed by atoms with Crippen molar-refractivity contribution < 1.29 is 4.79 Å². The van der Waals surface area contributed by atoms with Crippen LogP contribution in [0, 0.1) is 5.41 Å². The van der Waals surface area contributed by atoms with Crippen molar-refractivity contribution in [2.24, 2.45) is 5.41 Å². The van der Waals surface area contributed by atoms with Gasteiger partial charge in [0.15, 0.2) is 0 Å². The normalized spacial score (nSPS) is 20.7. The molecule has 2 aliphatic carbocycles. The summed E-state index contributed by atoms with van der Waals surface area (Å²) < 4.78 is 3.63. The minimum absolute atomic E-state index is 0.0770. The van der Waals surface area contributed by atoms with Crippen LogP contribution in [0.1, 0.15) is 81.1 Å². The van der Waals surface area contributed by atoms with Crippen LogP contribution >= 0.6 is 11.9 Å². The quantitative estimate of drug-likeness (QED) is 0.372. The van der Waals surface area contributed by atoms with Gasteiger partial charge >= 0.3 is 0 Å². The number of allylic oxidation sites excluding steroid dienone is 1. The van der Waals surface area contributed by atoms with Gasteiger partial charge in [-0.3, -0.25) is 9.52 Å². The number of aromatic nitrogens is 1. The lowest BCUT2D eigenvalue weighted by Gasteiger charge is -2.42. The van der Waals surface area contributed by atoms with Crippen LogP contribution in [0.25, 0.3) is 10.9 Å². The average molecular weight is 526 g/mol. The number of rotatable bonds is 7. The van der Waals surface area contributed by atoms with Gasteiger partial charge in [-0.15, -0.1) is 0 Å². The first-order valence-electron chi connectivity index (χ1n) is 14.0. The van der Waals surface area contributed by atoms with Crippen LogP contribution < -0.4 is 14.9 Å². The molecule has 204 valence electrons. The Hall–Kier alpha value is -2.25. The zero-order valence-electron chi connectivity index (χ0n) is 24.2. The molecular weight excluding hydrogens is 478 g/mol. The largest absolute Gasteiger partial charge is 0.369 e. The Bertz CT molecular complexity index is 1110. The second-order valence-corrected chi connectivity index (χ2v) is 11.6. The molecule has 0 bridgehead atoms. The molecule has 1 aromatic heterocycles. The number of carbonyl (C=O) groups excluding carboxylic acids is 1. The fourth-order valence-corrected chi connectivity index (χ4v) is 5.39. The van der Waals surface area contributed by atoms with E-state index in [1.54, 1.807) is 11.9 Å². The number of piperazine rings is 1. The number of carbonyl (C=O) groups is 1. The molecule has 0 radical (unpaired) electrons. The van der Waals surface area contributed by atoms with E-state index in [0.717, 1.165) is 54.0 Å². The molecule has 1 atom stereocenters. The maximum absolute atomic E-state index is 12.6. The van der Waals surface area contributed by atoms with Gasteiger partial charge in [0.2, 0.25) is 5.91 Å². The molecule has 1 aromatic carbocycles. The maximum atomic E-state index is 12.6. The lowest BCUT2D eigenvalue weighted by Crippen LogP contribution is -2.51. The predicted octanol–water partition coefficient (Wildman–Crippen LogP) is 7.22. The summed E-state index contributed by atoms with van der Waals surface area (Å²) in [6.07, 6.45) is 4.34. The Balaban J connectivity index is 0.000000907. The Morgan fingerprint density at radius 3 is 2.32 bits per heavy atom. The number of benzene rings is 1. The topological polar surface area (TPSA) is 60.5 Å². The standard InChI is InChI=1S/C26H35N5OS.2C2H6/c1-17(2)31-13-12-30(16-18(31)3)22-15-19(33-29-26(5)10-11-26)14-21-20(22)6-7-23(27-21)28-24(32)25(4)8-9-25;2*1-2/h6-7,14-15,18,29H,1,8-13,16H2,2-5H3,(H,27,28,32);2*1-2H3/t18-;;/m0../s1. The van der Waals surface area contributed by atoms with E-state index in [1.807, 2.05) is 40.7 Å². The van der Waals surface area contributed by atoms with Gasteiger partial charge in [-0.1, -0.05) is 41.2 Å². The smallest absolute Gasteiger partial charge is 0.231 e. The first-order valence-corrected chi connectivity index (χ1v) is 14.8. The molecule has 6 nitrogen and oxygen atoms in total. The maximum Gasteiger partial charge on any atom is 0.231 e. The lowest BCUT2D eigenvalue weighted by atomic mass is 10.1. The van der Waals surface area contributed by atoms with Crippen molar-refractivity contribution in [2.75, 3.05) is 29.9 Å². The Labute approximate surface area is 228 Å². The fraction of sp³-hybridized carbons (Fsp3) is 0.600. The van der Waals surface area contributed by atoms with Crippen molar-refractivity contribution in [3.63, 3.8) is 0 Å². The highest BCUT2D eigenvalue weighted by molar-refractivity contribution is 7.97. The van der Waals surface area contributed by atoms with E-state index in [2.05, 4.69) is 65.4 Å². The highest BCUT2D eigenvalue weighted by atomic mass is 32.2. The van der Waals surface area contributed by atoms with E-state index >= 15 is 0 Å². The summed E-state index contributed by atoms with van der Waals surface area (Å²) in [5, 5.41) is 4.17. The van der Waals surface area contributed by atoms with Gasteiger partial charge in [0.05, 0.1) is 5.52 Å². The van der Waals surface area contributed by atoms with Crippen molar-refractivity contribution in [1.82, 2.24) is 14.6 Å². The lowest BCUT2D eigenvalue weighted by molar-refractivity contribution is -0.120. The molecular formula is C30H47N5OS. The summed E-state index contributed by atoms with van der Waals surface area (Å²) in [4.78, 5) is 23.5. The van der Waals surface area contributed by atoms with E-state index in [4.69, 9.17) is 4.98 Å². The number of fused-ring (bicyclic) bond motifs is 1. The minimum Gasteiger partial charge on any atom is -0.369 e. The SMILES string of the molecule is C=C(C)N1CCN(c2cc(SNC3(C)CC3)cc3nc(NC(=O)C4(C)CC4)ccc23)C[C@@H]1C.CC.CC. The van der Waals surface area contributed by atoms with E-state index in [0.29, 0.717) is 11.9 Å². The number of anilines is 2. The monoisotopic (exact) mass is 525 g/mol. The first kappa shape index (κ1) is 29.3. The molecule has 5 rings (SSSR count). The number of nitrogens with one attached hydrogen (secondary N) is 2. The molecule has 2 saturated carbocycles. The molecule has 3 aliphatic rings. The number of hydrogen-bond acceptors (Lipinski definition) is 6. The molecule has 2 heterocycles. The Kier molecular flexibility index (Phi) is 9.57. The third-order valence-corrected chi connectivity index (χ3v) is 8.49. The second-order valence-electron chi connectivity index (χ2n) is 10.7. The third kappa shape index (κ3) is 6.99. The van der Waals surface area contributed by atoms with Crippen LogP contribution in [0.15, 0.2) is 41.4 Å². The molecule has 0 unspecified atom stereocenters. The van der Waals surface area contributed by atoms with Gasteiger partial charge in [-0.25, -0.2) is 4.98 Å². The first-order chi connectivity index (χ1) is 17.7. The molecule has 37 heavy (non-hydrogen) atoms. The van der Waals surface area contributed by atoms with E-state index < -0.39 is 0 Å². The molecule has 2 N–H and O–H groups in total. The number of amides is 1. The van der Waals surface area contributed by atoms with Gasteiger partial charge in [0, 0.05) is 58.3 Å². The molecule has 1 amide bonds. The average Bonchev–Trinajstić information content (AvgIpc) is 3.83. The van der Waals surface area contributed by atoms with Gasteiger partial charge in [0.25, 0.3) is 0 Å². The number of pyridine rings is 1. The number of hydrogen-bond donors (Lipinski definition) is 2. The van der Waals surface area contributed by atoms with Crippen molar-refractivity contribution in [1.29, 1.82) is 0 Å². The highest BCUT2D eigenvalue weighted by Gasteiger charge is 2.45. The van der Waals surface area contributed by atoms with Crippen molar-refractivity contribution >= 4 is 40.3 Å². The van der Waals surface area contributed by atoms with Crippen molar-refractivity contribution in [3.8, 4) is 0 Å². The Morgan fingerprint density at radius 2 is 1.76 bits per heavy atom. The van der Waals surface area contributed by atoms with E-state index in [-0.39, 0.29) is 16.9 Å². The van der Waals surface area contributed by atoms with E-state index in [1.165, 1.54) is 18.5 Å². The van der Waals surface area contributed by atoms with Crippen LogP contribution in [0.5, 0.6) is 0 Å². The van der Waals surface area contributed by atoms with Crippen molar-refractivity contribution in [2.45, 2.75) is 97.5 Å². The van der Waals surface area contributed by atoms with Gasteiger partial charge in [0.1, 0.15) is 5.82 Å². The Morgan fingerprint density at radius 1 is 1.08 bits per heavy atom. The summed E-state index contributed by atoms with van der Waals surface area (Å²) in [7, 11) is 0. The van der Waals surface area contributed by atoms with Gasteiger partial charge < -0.3 is 15.1 Å². The minimum atomic E-state index is -0.220. The number of nitrogens with zero attached hydrogens (tertiary/aromatic N) is 3. The highest BCUT2D eigenvalue weighted by Crippen LogP contribution is 2.46. The molecule has 7 heteroatoms. The molecule has 3 fully saturated rings. The zero-order chi connectivity index (χ0) is 27.4. The zero-order valence-corrected chi connectivity index (χ0v) is 25.0. The second kappa shape index (κ2) is 12.1. The molecule has 1 aliphatic heterocycles. The summed E-state index contributed by atoms with van der Waals surface area (Å²) in [5.41, 5.74) is 3.29. The fourth-order valence-electron chi connectivity index (χ4n) is 4.48. The van der Waals surface area contributed by atoms with Gasteiger partial charge in [-0.2, -0.15) is 0 Å². The summed E-state index contributed by atoms with van der Waals surface area (Å²) >= 11 is 1.69. The van der Waals surface area contributed by atoms with Crippen LogP contribution in [-0.4, -0.2) is 47.0 Å². The summed E-state index contributed by atoms with van der Waals surface area (Å²) in [6.45, 7) is 23.6.